The average Bonchev–Trinajstić information content (AvgIpc) is 2.65. The summed E-state index contributed by atoms with van der Waals surface area (Å²) in [7, 11) is 5.34. The number of carbonyl (C=O) groups excluding carboxylic acids is 1. The smallest absolute Gasteiger partial charge is 0.255 e. The molecule has 0 saturated heterocycles. The molecule has 0 saturated carbocycles. The van der Waals surface area contributed by atoms with E-state index in [2.05, 4.69) is 24.1 Å². The molecule has 146 valence electrons. The number of hydrogen-bond donors (Lipinski definition) is 1. The monoisotopic (exact) mass is 371 g/mol. The first kappa shape index (κ1) is 20.6. The van der Waals surface area contributed by atoms with E-state index in [1.165, 1.54) is 0 Å². The Morgan fingerprint density at radius 2 is 1.93 bits per heavy atom. The number of carbonyl (C=O) groups is 1. The molecule has 27 heavy (non-hydrogen) atoms. The normalized spacial score (nSPS) is 11.8. The lowest BCUT2D eigenvalue weighted by Crippen LogP contribution is -2.28. The number of anilines is 1. The number of benzene rings is 1. The predicted molar refractivity (Wildman–Crippen MR) is 108 cm³/mol. The van der Waals surface area contributed by atoms with Crippen LogP contribution in [0.25, 0.3) is 0 Å². The minimum atomic E-state index is -0.194. The van der Waals surface area contributed by atoms with Gasteiger partial charge in [0.2, 0.25) is 0 Å². The molecule has 1 unspecified atom stereocenters. The van der Waals surface area contributed by atoms with Crippen molar-refractivity contribution < 1.29 is 14.3 Å². The molecule has 1 atom stereocenters. The van der Waals surface area contributed by atoms with Gasteiger partial charge in [0.05, 0.1) is 25.3 Å². The van der Waals surface area contributed by atoms with E-state index in [0.29, 0.717) is 35.4 Å². The minimum Gasteiger partial charge on any atom is -0.493 e. The van der Waals surface area contributed by atoms with Crippen molar-refractivity contribution in [2.24, 2.45) is 5.92 Å². The van der Waals surface area contributed by atoms with Crippen LogP contribution in [0, 0.1) is 5.92 Å². The molecule has 0 aliphatic heterocycles. The SMILES string of the molecule is COc1cc(C(C)NC(=O)c2cccnc2N(C)C)ccc1OCC(C)C. The Kier molecular flexibility index (Phi) is 7.05. The number of nitrogens with one attached hydrogen (secondary N) is 1. The summed E-state index contributed by atoms with van der Waals surface area (Å²) in [6.45, 7) is 6.75. The van der Waals surface area contributed by atoms with Gasteiger partial charge in [0.15, 0.2) is 11.5 Å². The fourth-order valence-corrected chi connectivity index (χ4v) is 2.62. The zero-order chi connectivity index (χ0) is 20.0. The number of hydrogen-bond acceptors (Lipinski definition) is 5. The van der Waals surface area contributed by atoms with Gasteiger partial charge >= 0.3 is 0 Å². The van der Waals surface area contributed by atoms with Gasteiger partial charge in [0.25, 0.3) is 5.91 Å². The van der Waals surface area contributed by atoms with Gasteiger partial charge in [-0.05, 0) is 42.7 Å². The molecule has 0 fully saturated rings. The molecule has 1 heterocycles. The first-order valence-electron chi connectivity index (χ1n) is 9.07. The highest BCUT2D eigenvalue weighted by Gasteiger charge is 2.18. The maximum absolute atomic E-state index is 12.7. The second-order valence-corrected chi connectivity index (χ2v) is 7.08. The molecule has 1 aromatic heterocycles. The molecule has 2 aromatic rings. The Hall–Kier alpha value is -2.76. The fraction of sp³-hybridized carbons (Fsp3) is 0.429. The first-order chi connectivity index (χ1) is 12.8. The van der Waals surface area contributed by atoms with Crippen LogP contribution < -0.4 is 19.7 Å². The maximum atomic E-state index is 12.7. The van der Waals surface area contributed by atoms with Crippen molar-refractivity contribution in [1.82, 2.24) is 10.3 Å². The van der Waals surface area contributed by atoms with E-state index < -0.39 is 0 Å². The third kappa shape index (κ3) is 5.36. The van der Waals surface area contributed by atoms with Crippen molar-refractivity contribution >= 4 is 11.7 Å². The molecule has 6 nitrogen and oxygen atoms in total. The van der Waals surface area contributed by atoms with Gasteiger partial charge in [-0.15, -0.1) is 0 Å². The Morgan fingerprint density at radius 3 is 2.56 bits per heavy atom. The molecule has 1 amide bonds. The molecule has 2 rings (SSSR count). The van der Waals surface area contributed by atoms with Gasteiger partial charge < -0.3 is 19.7 Å². The van der Waals surface area contributed by atoms with Gasteiger partial charge in [0, 0.05) is 20.3 Å². The van der Waals surface area contributed by atoms with E-state index in [1.807, 2.05) is 44.1 Å². The van der Waals surface area contributed by atoms with Crippen LogP contribution in [0.2, 0.25) is 0 Å². The van der Waals surface area contributed by atoms with Crippen molar-refractivity contribution in [3.8, 4) is 11.5 Å². The molecule has 0 radical (unpaired) electrons. The minimum absolute atomic E-state index is 0.168. The van der Waals surface area contributed by atoms with Crippen molar-refractivity contribution in [3.05, 3.63) is 47.7 Å². The largest absolute Gasteiger partial charge is 0.493 e. The van der Waals surface area contributed by atoms with Crippen LogP contribution in [0.5, 0.6) is 11.5 Å². The summed E-state index contributed by atoms with van der Waals surface area (Å²) in [5, 5.41) is 3.03. The number of nitrogens with zero attached hydrogens (tertiary/aromatic N) is 2. The van der Waals surface area contributed by atoms with Crippen LogP contribution in [0.1, 0.15) is 42.7 Å². The first-order valence-corrected chi connectivity index (χ1v) is 9.07. The topological polar surface area (TPSA) is 63.7 Å². The number of pyridine rings is 1. The van der Waals surface area contributed by atoms with E-state index in [-0.39, 0.29) is 11.9 Å². The molecule has 6 heteroatoms. The predicted octanol–water partition coefficient (Wildman–Crippen LogP) is 3.68. The van der Waals surface area contributed by atoms with Gasteiger partial charge in [0.1, 0.15) is 5.82 Å². The Bertz CT molecular complexity index is 775. The van der Waals surface area contributed by atoms with Crippen molar-refractivity contribution in [1.29, 1.82) is 0 Å². The lowest BCUT2D eigenvalue weighted by Gasteiger charge is -2.19. The van der Waals surface area contributed by atoms with Crippen LogP contribution in [0.15, 0.2) is 36.5 Å². The molecular formula is C21H29N3O3. The van der Waals surface area contributed by atoms with Gasteiger partial charge in [-0.1, -0.05) is 19.9 Å². The Morgan fingerprint density at radius 1 is 1.19 bits per heavy atom. The lowest BCUT2D eigenvalue weighted by atomic mass is 10.1. The quantitative estimate of drug-likeness (QED) is 0.767. The molecular weight excluding hydrogens is 342 g/mol. The zero-order valence-corrected chi connectivity index (χ0v) is 16.9. The summed E-state index contributed by atoms with van der Waals surface area (Å²) >= 11 is 0. The number of ether oxygens (including phenoxy) is 2. The second-order valence-electron chi connectivity index (χ2n) is 7.08. The third-order valence-electron chi connectivity index (χ3n) is 4.06. The highest BCUT2D eigenvalue weighted by Crippen LogP contribution is 2.31. The van der Waals surface area contributed by atoms with Crippen molar-refractivity contribution in [2.45, 2.75) is 26.8 Å². The Balaban J connectivity index is 2.16. The summed E-state index contributed by atoms with van der Waals surface area (Å²) < 4.78 is 11.2. The van der Waals surface area contributed by atoms with Crippen LogP contribution >= 0.6 is 0 Å². The standard InChI is InChI=1S/C21H29N3O3/c1-14(2)13-27-18-10-9-16(12-19(18)26-6)15(3)23-21(25)17-8-7-11-22-20(17)24(4)5/h7-12,14-15H,13H2,1-6H3,(H,23,25). The Labute approximate surface area is 161 Å². The van der Waals surface area contributed by atoms with E-state index in [4.69, 9.17) is 9.47 Å². The lowest BCUT2D eigenvalue weighted by molar-refractivity contribution is 0.0940. The van der Waals surface area contributed by atoms with E-state index >= 15 is 0 Å². The van der Waals surface area contributed by atoms with E-state index in [0.717, 1.165) is 5.56 Å². The van der Waals surface area contributed by atoms with Gasteiger partial charge in [-0.3, -0.25) is 4.79 Å². The zero-order valence-electron chi connectivity index (χ0n) is 16.9. The summed E-state index contributed by atoms with van der Waals surface area (Å²) in [4.78, 5) is 18.8. The average molecular weight is 371 g/mol. The number of rotatable bonds is 8. The summed E-state index contributed by atoms with van der Waals surface area (Å²) in [6, 6.07) is 9.06. The highest BCUT2D eigenvalue weighted by atomic mass is 16.5. The third-order valence-corrected chi connectivity index (χ3v) is 4.06. The van der Waals surface area contributed by atoms with Crippen LogP contribution in [0.3, 0.4) is 0 Å². The maximum Gasteiger partial charge on any atom is 0.255 e. The fourth-order valence-electron chi connectivity index (χ4n) is 2.62. The van der Waals surface area contributed by atoms with Crippen molar-refractivity contribution in [3.63, 3.8) is 0 Å². The van der Waals surface area contributed by atoms with Crippen LogP contribution in [-0.4, -0.2) is 38.7 Å². The summed E-state index contributed by atoms with van der Waals surface area (Å²) in [5.74, 6) is 2.26. The van der Waals surface area contributed by atoms with Crippen molar-refractivity contribution in [2.75, 3.05) is 32.7 Å². The summed E-state index contributed by atoms with van der Waals surface area (Å²) in [5.41, 5.74) is 1.48. The molecule has 0 aliphatic carbocycles. The molecule has 1 N–H and O–H groups in total. The summed E-state index contributed by atoms with van der Waals surface area (Å²) in [6.07, 6.45) is 1.68. The number of aromatic nitrogens is 1. The van der Waals surface area contributed by atoms with Crippen LogP contribution in [-0.2, 0) is 0 Å². The van der Waals surface area contributed by atoms with E-state index in [9.17, 15) is 4.79 Å². The highest BCUT2D eigenvalue weighted by molar-refractivity contribution is 5.99. The van der Waals surface area contributed by atoms with Gasteiger partial charge in [-0.25, -0.2) is 4.98 Å². The molecule has 0 spiro atoms. The molecule has 1 aromatic carbocycles. The number of amides is 1. The molecule has 0 bridgehead atoms. The van der Waals surface area contributed by atoms with Crippen LogP contribution in [0.4, 0.5) is 5.82 Å². The molecule has 0 aliphatic rings. The second kappa shape index (κ2) is 9.26. The number of methoxy groups -OCH3 is 1. The van der Waals surface area contributed by atoms with Gasteiger partial charge in [-0.2, -0.15) is 0 Å². The van der Waals surface area contributed by atoms with E-state index in [1.54, 1.807) is 25.4 Å².